The number of carbonyl (C=O) groups is 2. The van der Waals surface area contributed by atoms with Gasteiger partial charge in [-0.15, -0.1) is 4.83 Å². The van der Waals surface area contributed by atoms with Gasteiger partial charge >= 0.3 is 0 Å². The number of amides is 2. The molecule has 3 N–H and O–H groups in total. The van der Waals surface area contributed by atoms with Crippen LogP contribution >= 0.6 is 15.9 Å². The standard InChI is InChI=1S/C15H14BrN3O4S/c1-10(20)17-13-6-8-14(9-7-13)24(22,23)19-18-15(21)11-2-4-12(16)5-3-11/h2-9,19H,1H3,(H,17,20)(H,18,21). The first-order chi connectivity index (χ1) is 11.3. The summed E-state index contributed by atoms with van der Waals surface area (Å²) in [6.45, 7) is 1.35. The van der Waals surface area contributed by atoms with E-state index in [4.69, 9.17) is 0 Å². The number of benzene rings is 2. The number of halogens is 1. The van der Waals surface area contributed by atoms with Crippen molar-refractivity contribution in [1.29, 1.82) is 0 Å². The molecule has 0 bridgehead atoms. The molecule has 2 aromatic carbocycles. The number of anilines is 1. The lowest BCUT2D eigenvalue weighted by molar-refractivity contribution is -0.114. The lowest BCUT2D eigenvalue weighted by Crippen LogP contribution is -2.41. The van der Waals surface area contributed by atoms with Crippen LogP contribution in [-0.4, -0.2) is 20.2 Å². The highest BCUT2D eigenvalue weighted by atomic mass is 79.9. The third-order valence-corrected chi connectivity index (χ3v) is 4.68. The number of nitrogens with one attached hydrogen (secondary N) is 3. The Hall–Kier alpha value is -2.23. The zero-order chi connectivity index (χ0) is 17.7. The second kappa shape index (κ2) is 7.56. The highest BCUT2D eigenvalue weighted by molar-refractivity contribution is 9.10. The number of hydrogen-bond donors (Lipinski definition) is 3. The lowest BCUT2D eigenvalue weighted by Gasteiger charge is -2.09. The van der Waals surface area contributed by atoms with Crippen LogP contribution in [0, 0.1) is 0 Å². The molecule has 0 aliphatic rings. The van der Waals surface area contributed by atoms with E-state index in [0.717, 1.165) is 4.47 Å². The SMILES string of the molecule is CC(=O)Nc1ccc(S(=O)(=O)NNC(=O)c2ccc(Br)cc2)cc1. The van der Waals surface area contributed by atoms with Gasteiger partial charge in [-0.25, -0.2) is 8.42 Å². The van der Waals surface area contributed by atoms with Gasteiger partial charge < -0.3 is 5.32 Å². The number of hydrazine groups is 1. The van der Waals surface area contributed by atoms with E-state index in [9.17, 15) is 18.0 Å². The fraction of sp³-hybridized carbons (Fsp3) is 0.0667. The molecule has 24 heavy (non-hydrogen) atoms. The topological polar surface area (TPSA) is 104 Å². The third kappa shape index (κ3) is 4.88. The molecule has 0 radical (unpaired) electrons. The van der Waals surface area contributed by atoms with Crippen molar-refractivity contribution in [3.05, 3.63) is 58.6 Å². The third-order valence-electron chi connectivity index (χ3n) is 2.89. The van der Waals surface area contributed by atoms with Gasteiger partial charge in [0.15, 0.2) is 0 Å². The van der Waals surface area contributed by atoms with Crippen LogP contribution in [0.15, 0.2) is 57.9 Å². The van der Waals surface area contributed by atoms with Crippen molar-refractivity contribution < 1.29 is 18.0 Å². The van der Waals surface area contributed by atoms with Gasteiger partial charge in [-0.3, -0.25) is 15.0 Å². The van der Waals surface area contributed by atoms with Gasteiger partial charge in [-0.1, -0.05) is 15.9 Å². The molecule has 0 atom stereocenters. The van der Waals surface area contributed by atoms with Crippen molar-refractivity contribution in [3.63, 3.8) is 0 Å². The zero-order valence-corrected chi connectivity index (χ0v) is 14.9. The summed E-state index contributed by atoms with van der Waals surface area (Å²) in [5.41, 5.74) is 2.92. The van der Waals surface area contributed by atoms with Crippen molar-refractivity contribution in [2.24, 2.45) is 0 Å². The fourth-order valence-corrected chi connectivity index (χ4v) is 2.87. The maximum atomic E-state index is 12.1. The van der Waals surface area contributed by atoms with Gasteiger partial charge in [0.2, 0.25) is 5.91 Å². The van der Waals surface area contributed by atoms with E-state index in [1.165, 1.54) is 31.2 Å². The van der Waals surface area contributed by atoms with Crippen LogP contribution in [0.3, 0.4) is 0 Å². The van der Waals surface area contributed by atoms with E-state index in [1.807, 2.05) is 4.83 Å². The first-order valence-corrected chi connectivity index (χ1v) is 9.01. The van der Waals surface area contributed by atoms with E-state index < -0.39 is 15.9 Å². The van der Waals surface area contributed by atoms with E-state index >= 15 is 0 Å². The molecule has 0 heterocycles. The molecule has 0 unspecified atom stereocenters. The molecule has 0 aliphatic heterocycles. The quantitative estimate of drug-likeness (QED) is 0.654. The highest BCUT2D eigenvalue weighted by Crippen LogP contribution is 2.14. The van der Waals surface area contributed by atoms with Crippen molar-refractivity contribution in [3.8, 4) is 0 Å². The van der Waals surface area contributed by atoms with Crippen LogP contribution in [0.4, 0.5) is 5.69 Å². The average molecular weight is 412 g/mol. The predicted molar refractivity (Wildman–Crippen MR) is 92.7 cm³/mol. The first-order valence-electron chi connectivity index (χ1n) is 6.73. The summed E-state index contributed by atoms with van der Waals surface area (Å²) >= 11 is 3.25. The van der Waals surface area contributed by atoms with Gasteiger partial charge in [-0.2, -0.15) is 0 Å². The van der Waals surface area contributed by atoms with Crippen LogP contribution in [-0.2, 0) is 14.8 Å². The summed E-state index contributed by atoms with van der Waals surface area (Å²) < 4.78 is 25.1. The second-order valence-corrected chi connectivity index (χ2v) is 7.37. The van der Waals surface area contributed by atoms with Crippen molar-refractivity contribution in [1.82, 2.24) is 10.3 Å². The second-order valence-electron chi connectivity index (χ2n) is 4.77. The van der Waals surface area contributed by atoms with E-state index in [2.05, 4.69) is 26.7 Å². The molecule has 2 aromatic rings. The molecule has 2 rings (SSSR count). The summed E-state index contributed by atoms with van der Waals surface area (Å²) in [4.78, 5) is 24.8. The molecule has 0 saturated carbocycles. The maximum Gasteiger partial charge on any atom is 0.266 e. The Morgan fingerprint density at radius 1 is 0.958 bits per heavy atom. The van der Waals surface area contributed by atoms with Crippen molar-refractivity contribution in [2.75, 3.05) is 5.32 Å². The van der Waals surface area contributed by atoms with Gasteiger partial charge in [0.25, 0.3) is 15.9 Å². The van der Waals surface area contributed by atoms with Gasteiger partial charge in [0, 0.05) is 22.6 Å². The summed E-state index contributed by atoms with van der Waals surface area (Å²) in [5, 5.41) is 2.53. The summed E-state index contributed by atoms with van der Waals surface area (Å²) in [6, 6.07) is 12.0. The normalized spacial score (nSPS) is 10.9. The van der Waals surface area contributed by atoms with Gasteiger partial charge in [0.1, 0.15) is 0 Å². The molecule has 0 aliphatic carbocycles. The average Bonchev–Trinajstić information content (AvgIpc) is 2.53. The maximum absolute atomic E-state index is 12.1. The summed E-state index contributed by atoms with van der Waals surface area (Å²) in [7, 11) is -3.92. The molecular formula is C15H14BrN3O4S. The Kier molecular flexibility index (Phi) is 5.71. The molecule has 2 amide bonds. The van der Waals surface area contributed by atoms with Crippen LogP contribution < -0.4 is 15.6 Å². The summed E-state index contributed by atoms with van der Waals surface area (Å²) in [6.07, 6.45) is 0. The minimum atomic E-state index is -3.92. The van der Waals surface area contributed by atoms with Crippen LogP contribution in [0.5, 0.6) is 0 Å². The Balaban J connectivity index is 2.04. The molecular weight excluding hydrogens is 398 g/mol. The predicted octanol–water partition coefficient (Wildman–Crippen LogP) is 2.03. The van der Waals surface area contributed by atoms with Crippen LogP contribution in [0.2, 0.25) is 0 Å². The molecule has 0 spiro atoms. The number of carbonyl (C=O) groups excluding carboxylic acids is 2. The molecule has 0 aromatic heterocycles. The molecule has 0 fully saturated rings. The summed E-state index contributed by atoms with van der Waals surface area (Å²) in [5.74, 6) is -0.841. The largest absolute Gasteiger partial charge is 0.326 e. The van der Waals surface area contributed by atoms with E-state index in [1.54, 1.807) is 24.3 Å². The van der Waals surface area contributed by atoms with E-state index in [0.29, 0.717) is 11.3 Å². The first kappa shape index (κ1) is 18.1. The van der Waals surface area contributed by atoms with Crippen molar-refractivity contribution >= 4 is 43.5 Å². The van der Waals surface area contributed by atoms with Gasteiger partial charge in [0.05, 0.1) is 4.90 Å². The van der Waals surface area contributed by atoms with Crippen LogP contribution in [0.25, 0.3) is 0 Å². The Morgan fingerprint density at radius 2 is 1.54 bits per heavy atom. The number of rotatable bonds is 5. The Morgan fingerprint density at radius 3 is 2.08 bits per heavy atom. The monoisotopic (exact) mass is 411 g/mol. The number of hydrogen-bond acceptors (Lipinski definition) is 4. The highest BCUT2D eigenvalue weighted by Gasteiger charge is 2.15. The lowest BCUT2D eigenvalue weighted by atomic mass is 10.2. The zero-order valence-electron chi connectivity index (χ0n) is 12.5. The molecule has 7 nitrogen and oxygen atoms in total. The Labute approximate surface area is 147 Å². The minimum absolute atomic E-state index is 0.0484. The molecule has 0 saturated heterocycles. The fourth-order valence-electron chi connectivity index (χ4n) is 1.77. The minimum Gasteiger partial charge on any atom is -0.326 e. The smallest absolute Gasteiger partial charge is 0.266 e. The molecule has 9 heteroatoms. The van der Waals surface area contributed by atoms with E-state index in [-0.39, 0.29) is 10.8 Å². The van der Waals surface area contributed by atoms with Crippen LogP contribution in [0.1, 0.15) is 17.3 Å². The number of sulfonamides is 1. The van der Waals surface area contributed by atoms with Gasteiger partial charge in [-0.05, 0) is 48.5 Å². The Bertz CT molecular complexity index is 849. The molecule has 126 valence electrons. The van der Waals surface area contributed by atoms with Crippen molar-refractivity contribution in [2.45, 2.75) is 11.8 Å².